The topological polar surface area (TPSA) is 64.3 Å². The molecule has 0 radical (unpaired) electrons. The minimum atomic E-state index is -0.449. The van der Waals surface area contributed by atoms with Gasteiger partial charge in [0.25, 0.3) is 5.91 Å². The summed E-state index contributed by atoms with van der Waals surface area (Å²) in [5, 5.41) is 3.37. The van der Waals surface area contributed by atoms with Gasteiger partial charge in [0.2, 0.25) is 0 Å². The fourth-order valence-corrected chi connectivity index (χ4v) is 2.48. The number of carbonyl (C=O) groups is 1. The van der Waals surface area contributed by atoms with Crippen molar-refractivity contribution >= 4 is 5.91 Å². The highest BCUT2D eigenvalue weighted by Crippen LogP contribution is 2.29. The summed E-state index contributed by atoms with van der Waals surface area (Å²) in [7, 11) is 0. The first kappa shape index (κ1) is 12.9. The van der Waals surface area contributed by atoms with Crippen LogP contribution < -0.4 is 15.8 Å². The molecule has 0 saturated carbocycles. The largest absolute Gasteiger partial charge is 0.484 e. The van der Waals surface area contributed by atoms with E-state index in [1.165, 1.54) is 24.0 Å². The van der Waals surface area contributed by atoms with Crippen LogP contribution in [0.2, 0.25) is 0 Å². The average Bonchev–Trinajstić information content (AvgIpc) is 2.37. The average molecular weight is 248 g/mol. The van der Waals surface area contributed by atoms with Crippen molar-refractivity contribution in [3.05, 3.63) is 29.3 Å². The maximum absolute atomic E-state index is 10.7. The molecule has 0 unspecified atom stereocenters. The van der Waals surface area contributed by atoms with Crippen molar-refractivity contribution in [1.82, 2.24) is 5.32 Å². The lowest BCUT2D eigenvalue weighted by Crippen LogP contribution is -2.27. The molecule has 1 aromatic rings. The summed E-state index contributed by atoms with van der Waals surface area (Å²) in [4.78, 5) is 10.7. The fraction of sp³-hybridized carbons (Fsp3) is 0.500. The third kappa shape index (κ3) is 3.23. The van der Waals surface area contributed by atoms with E-state index in [0.29, 0.717) is 11.7 Å². The molecule has 1 heterocycles. The molecule has 0 aliphatic carbocycles. The quantitative estimate of drug-likeness (QED) is 0.844. The molecular weight excluding hydrogens is 228 g/mol. The van der Waals surface area contributed by atoms with Crippen LogP contribution in [0, 0.1) is 6.92 Å². The number of carbonyl (C=O) groups excluding carboxylic acids is 1. The number of ether oxygens (including phenoxy) is 1. The van der Waals surface area contributed by atoms with Gasteiger partial charge in [-0.1, -0.05) is 6.07 Å². The first-order valence-corrected chi connectivity index (χ1v) is 6.39. The lowest BCUT2D eigenvalue weighted by Gasteiger charge is -2.24. The minimum Gasteiger partial charge on any atom is -0.484 e. The van der Waals surface area contributed by atoms with Crippen LogP contribution in [0.25, 0.3) is 0 Å². The summed E-state index contributed by atoms with van der Waals surface area (Å²) in [6.45, 7) is 4.20. The molecule has 1 aromatic carbocycles. The molecular formula is C14H20N2O2. The highest BCUT2D eigenvalue weighted by molar-refractivity contribution is 5.75. The molecule has 1 fully saturated rings. The van der Waals surface area contributed by atoms with Crippen LogP contribution in [-0.2, 0) is 4.79 Å². The first-order chi connectivity index (χ1) is 8.66. The number of hydrogen-bond acceptors (Lipinski definition) is 3. The zero-order chi connectivity index (χ0) is 13.0. The van der Waals surface area contributed by atoms with Gasteiger partial charge in [0.1, 0.15) is 5.75 Å². The van der Waals surface area contributed by atoms with E-state index in [1.54, 1.807) is 0 Å². The molecule has 1 aliphatic heterocycles. The third-order valence-electron chi connectivity index (χ3n) is 3.40. The number of hydrogen-bond donors (Lipinski definition) is 2. The molecule has 18 heavy (non-hydrogen) atoms. The number of primary amides is 1. The second kappa shape index (κ2) is 5.87. The molecule has 1 amide bonds. The highest BCUT2D eigenvalue weighted by Gasteiger charge is 2.17. The van der Waals surface area contributed by atoms with Gasteiger partial charge in [-0.05, 0) is 62.0 Å². The van der Waals surface area contributed by atoms with Crippen LogP contribution in [0.4, 0.5) is 0 Å². The Morgan fingerprint density at radius 2 is 2.17 bits per heavy atom. The first-order valence-electron chi connectivity index (χ1n) is 6.39. The van der Waals surface area contributed by atoms with Crippen molar-refractivity contribution in [2.75, 3.05) is 19.7 Å². The highest BCUT2D eigenvalue weighted by atomic mass is 16.5. The van der Waals surface area contributed by atoms with Gasteiger partial charge < -0.3 is 15.8 Å². The lowest BCUT2D eigenvalue weighted by atomic mass is 9.87. The van der Waals surface area contributed by atoms with E-state index in [9.17, 15) is 4.79 Å². The molecule has 3 N–H and O–H groups in total. The van der Waals surface area contributed by atoms with Crippen molar-refractivity contribution in [3.8, 4) is 5.75 Å². The smallest absolute Gasteiger partial charge is 0.255 e. The number of nitrogens with one attached hydrogen (secondary N) is 1. The van der Waals surface area contributed by atoms with E-state index in [-0.39, 0.29) is 6.61 Å². The normalized spacial score (nSPS) is 16.5. The van der Waals surface area contributed by atoms with E-state index in [1.807, 2.05) is 12.1 Å². The van der Waals surface area contributed by atoms with Gasteiger partial charge in [-0.15, -0.1) is 0 Å². The number of piperidine rings is 1. The van der Waals surface area contributed by atoms with Crippen LogP contribution in [-0.4, -0.2) is 25.6 Å². The molecule has 4 heteroatoms. The van der Waals surface area contributed by atoms with Gasteiger partial charge in [0.05, 0.1) is 0 Å². The van der Waals surface area contributed by atoms with Crippen LogP contribution in [0.1, 0.15) is 29.9 Å². The summed E-state index contributed by atoms with van der Waals surface area (Å²) in [6.07, 6.45) is 2.37. The van der Waals surface area contributed by atoms with E-state index < -0.39 is 5.91 Å². The van der Waals surface area contributed by atoms with Gasteiger partial charge >= 0.3 is 0 Å². The van der Waals surface area contributed by atoms with Crippen molar-refractivity contribution in [1.29, 1.82) is 0 Å². The molecule has 4 nitrogen and oxygen atoms in total. The van der Waals surface area contributed by atoms with Crippen LogP contribution in [0.5, 0.6) is 5.75 Å². The summed E-state index contributed by atoms with van der Waals surface area (Å²) < 4.78 is 5.30. The van der Waals surface area contributed by atoms with Crippen molar-refractivity contribution in [3.63, 3.8) is 0 Å². The molecule has 2 rings (SSSR count). The predicted octanol–water partition coefficient (Wildman–Crippen LogP) is 1.33. The molecule has 1 saturated heterocycles. The molecule has 0 spiro atoms. The number of benzene rings is 1. The minimum absolute atomic E-state index is 0.0634. The molecule has 1 aliphatic rings. The summed E-state index contributed by atoms with van der Waals surface area (Å²) in [5.74, 6) is 0.899. The summed E-state index contributed by atoms with van der Waals surface area (Å²) in [5.41, 5.74) is 7.67. The van der Waals surface area contributed by atoms with Crippen LogP contribution in [0.15, 0.2) is 18.2 Å². The van der Waals surface area contributed by atoms with E-state index in [0.717, 1.165) is 13.1 Å². The molecule has 0 aromatic heterocycles. The van der Waals surface area contributed by atoms with Crippen molar-refractivity contribution < 1.29 is 9.53 Å². The van der Waals surface area contributed by atoms with Crippen molar-refractivity contribution in [2.24, 2.45) is 5.73 Å². The predicted molar refractivity (Wildman–Crippen MR) is 70.7 cm³/mol. The molecule has 0 atom stereocenters. The third-order valence-corrected chi connectivity index (χ3v) is 3.40. The van der Waals surface area contributed by atoms with Gasteiger partial charge in [-0.25, -0.2) is 0 Å². The zero-order valence-electron chi connectivity index (χ0n) is 10.7. The molecule has 0 bridgehead atoms. The van der Waals surface area contributed by atoms with Crippen LogP contribution >= 0.6 is 0 Å². The van der Waals surface area contributed by atoms with E-state index in [4.69, 9.17) is 10.5 Å². The Kier molecular flexibility index (Phi) is 4.20. The maximum atomic E-state index is 10.7. The fourth-order valence-electron chi connectivity index (χ4n) is 2.48. The standard InChI is InChI=1S/C14H20N2O2/c1-10-8-12(18-9-14(15)17)2-3-13(10)11-4-6-16-7-5-11/h2-3,8,11,16H,4-7,9H2,1H3,(H2,15,17). The Balaban J connectivity index is 2.06. The second-order valence-electron chi connectivity index (χ2n) is 4.80. The SMILES string of the molecule is Cc1cc(OCC(N)=O)ccc1C1CCNCC1. The number of rotatable bonds is 4. The van der Waals surface area contributed by atoms with Crippen molar-refractivity contribution in [2.45, 2.75) is 25.7 Å². The zero-order valence-corrected chi connectivity index (χ0v) is 10.7. The summed E-state index contributed by atoms with van der Waals surface area (Å²) in [6, 6.07) is 6.02. The van der Waals surface area contributed by atoms with Gasteiger partial charge in [-0.3, -0.25) is 4.79 Å². The van der Waals surface area contributed by atoms with Gasteiger partial charge in [-0.2, -0.15) is 0 Å². The maximum Gasteiger partial charge on any atom is 0.255 e. The number of nitrogens with two attached hydrogens (primary N) is 1. The Labute approximate surface area is 108 Å². The Bertz CT molecular complexity index is 426. The second-order valence-corrected chi connectivity index (χ2v) is 4.80. The number of amides is 1. The van der Waals surface area contributed by atoms with E-state index in [2.05, 4.69) is 18.3 Å². The van der Waals surface area contributed by atoms with E-state index >= 15 is 0 Å². The monoisotopic (exact) mass is 248 g/mol. The Morgan fingerprint density at radius 1 is 1.44 bits per heavy atom. The summed E-state index contributed by atoms with van der Waals surface area (Å²) >= 11 is 0. The Hall–Kier alpha value is -1.55. The lowest BCUT2D eigenvalue weighted by molar-refractivity contribution is -0.119. The van der Waals surface area contributed by atoms with Crippen LogP contribution in [0.3, 0.4) is 0 Å². The van der Waals surface area contributed by atoms with Gasteiger partial charge in [0.15, 0.2) is 6.61 Å². The Morgan fingerprint density at radius 3 is 2.78 bits per heavy atom. The number of aryl methyl sites for hydroxylation is 1. The van der Waals surface area contributed by atoms with Gasteiger partial charge in [0, 0.05) is 0 Å². The molecule has 98 valence electrons.